The highest BCUT2D eigenvalue weighted by atomic mass is 16.1. The van der Waals surface area contributed by atoms with Crippen molar-refractivity contribution in [2.24, 2.45) is 0 Å². The molecule has 3 nitrogen and oxygen atoms in total. The van der Waals surface area contributed by atoms with E-state index in [1.807, 2.05) is 38.1 Å². The third-order valence-electron chi connectivity index (χ3n) is 2.17. The van der Waals surface area contributed by atoms with Crippen LogP contribution in [0.15, 0.2) is 30.2 Å². The number of pyridine rings is 1. The van der Waals surface area contributed by atoms with E-state index in [0.717, 1.165) is 17.5 Å². The lowest BCUT2D eigenvalue weighted by Crippen LogP contribution is -2.11. The Kier molecular flexibility index (Phi) is 3.40. The first-order valence-corrected chi connectivity index (χ1v) is 4.40. The van der Waals surface area contributed by atoms with Gasteiger partial charge in [0.25, 0.3) is 0 Å². The lowest BCUT2D eigenvalue weighted by atomic mass is 10.1. The molecule has 0 spiro atoms. The van der Waals surface area contributed by atoms with E-state index in [9.17, 15) is 4.79 Å². The number of hydrogen-bond acceptors (Lipinski definition) is 3. The third kappa shape index (κ3) is 2.19. The third-order valence-corrected chi connectivity index (χ3v) is 2.17. The van der Waals surface area contributed by atoms with E-state index in [0.29, 0.717) is 5.57 Å². The quantitative estimate of drug-likeness (QED) is 0.536. The van der Waals surface area contributed by atoms with Crippen molar-refractivity contribution in [3.63, 3.8) is 0 Å². The average molecular weight is 190 g/mol. The smallest absolute Gasteiger partial charge is 0.152 e. The van der Waals surface area contributed by atoms with Crippen LogP contribution in [0.25, 0.3) is 5.57 Å². The molecule has 1 aromatic rings. The normalized spacial score (nSPS) is 11.9. The fourth-order valence-electron chi connectivity index (χ4n) is 1.13. The highest BCUT2D eigenvalue weighted by Crippen LogP contribution is 2.16. The van der Waals surface area contributed by atoms with Crippen molar-refractivity contribution in [2.75, 3.05) is 14.1 Å². The van der Waals surface area contributed by atoms with Gasteiger partial charge in [0.05, 0.1) is 0 Å². The molecule has 1 heterocycles. The summed E-state index contributed by atoms with van der Waals surface area (Å²) in [6, 6.07) is 3.66. The van der Waals surface area contributed by atoms with Crippen LogP contribution in [0.2, 0.25) is 0 Å². The van der Waals surface area contributed by atoms with Gasteiger partial charge in [0, 0.05) is 37.8 Å². The van der Waals surface area contributed by atoms with Crippen molar-refractivity contribution in [1.82, 2.24) is 9.88 Å². The Morgan fingerprint density at radius 1 is 1.36 bits per heavy atom. The van der Waals surface area contributed by atoms with Gasteiger partial charge < -0.3 is 4.90 Å². The molecule has 0 aromatic carbocycles. The predicted octanol–water partition coefficient (Wildman–Crippen LogP) is 1.57. The summed E-state index contributed by atoms with van der Waals surface area (Å²) in [6.45, 7) is 1.92. The number of allylic oxidation sites excluding steroid dienone is 2. The second-order valence-corrected chi connectivity index (χ2v) is 3.25. The highest BCUT2D eigenvalue weighted by Gasteiger charge is 2.05. The molecule has 74 valence electrons. The van der Waals surface area contributed by atoms with Crippen LogP contribution in [-0.2, 0) is 4.79 Å². The molecular weight excluding hydrogens is 176 g/mol. The van der Waals surface area contributed by atoms with Crippen molar-refractivity contribution in [3.05, 3.63) is 35.8 Å². The monoisotopic (exact) mass is 190 g/mol. The summed E-state index contributed by atoms with van der Waals surface area (Å²) < 4.78 is 0. The number of aldehydes is 1. The van der Waals surface area contributed by atoms with Gasteiger partial charge in [-0.2, -0.15) is 0 Å². The van der Waals surface area contributed by atoms with Crippen molar-refractivity contribution in [3.8, 4) is 0 Å². The zero-order valence-corrected chi connectivity index (χ0v) is 8.69. The number of nitrogens with zero attached hydrogens (tertiary/aromatic N) is 2. The summed E-state index contributed by atoms with van der Waals surface area (Å²) >= 11 is 0. The molecule has 0 saturated heterocycles. The Morgan fingerprint density at radius 3 is 2.36 bits per heavy atom. The predicted molar refractivity (Wildman–Crippen MR) is 56.6 cm³/mol. The lowest BCUT2D eigenvalue weighted by Gasteiger charge is -2.15. The van der Waals surface area contributed by atoms with Crippen molar-refractivity contribution in [2.45, 2.75) is 6.92 Å². The van der Waals surface area contributed by atoms with Crippen molar-refractivity contribution in [1.29, 1.82) is 0 Å². The molecule has 1 rings (SSSR count). The van der Waals surface area contributed by atoms with E-state index < -0.39 is 0 Å². The molecule has 0 saturated carbocycles. The van der Waals surface area contributed by atoms with Gasteiger partial charge in [-0.25, -0.2) is 0 Å². The van der Waals surface area contributed by atoms with Gasteiger partial charge in [0.15, 0.2) is 6.29 Å². The minimum Gasteiger partial charge on any atom is -0.381 e. The molecule has 14 heavy (non-hydrogen) atoms. The molecule has 0 fully saturated rings. The van der Waals surface area contributed by atoms with Gasteiger partial charge in [0.2, 0.25) is 0 Å². The molecule has 0 radical (unpaired) electrons. The number of carbonyl (C=O) groups is 1. The van der Waals surface area contributed by atoms with Crippen molar-refractivity contribution < 1.29 is 4.79 Å². The van der Waals surface area contributed by atoms with Crippen LogP contribution in [0.1, 0.15) is 12.5 Å². The van der Waals surface area contributed by atoms with E-state index in [1.165, 1.54) is 0 Å². The van der Waals surface area contributed by atoms with Gasteiger partial charge in [-0.05, 0) is 24.6 Å². The molecular formula is C11H14N2O. The highest BCUT2D eigenvalue weighted by molar-refractivity contribution is 6.07. The lowest BCUT2D eigenvalue weighted by molar-refractivity contribution is -0.103. The first-order valence-electron chi connectivity index (χ1n) is 4.40. The van der Waals surface area contributed by atoms with Crippen LogP contribution >= 0.6 is 0 Å². The van der Waals surface area contributed by atoms with Gasteiger partial charge in [0.1, 0.15) is 0 Å². The molecule has 0 aliphatic heterocycles. The molecule has 0 aliphatic carbocycles. The fraction of sp³-hybridized carbons (Fsp3) is 0.273. The summed E-state index contributed by atoms with van der Waals surface area (Å²) in [6.07, 6.45) is 4.24. The largest absolute Gasteiger partial charge is 0.381 e. The fourth-order valence-corrected chi connectivity index (χ4v) is 1.13. The Labute approximate surface area is 84.1 Å². The number of carbonyl (C=O) groups excluding carboxylic acids is 1. The molecule has 0 N–H and O–H groups in total. The summed E-state index contributed by atoms with van der Waals surface area (Å²) in [5, 5.41) is 0. The van der Waals surface area contributed by atoms with Crippen LogP contribution in [0.4, 0.5) is 0 Å². The summed E-state index contributed by atoms with van der Waals surface area (Å²) in [7, 11) is 3.83. The number of hydrogen-bond donors (Lipinski definition) is 0. The van der Waals surface area contributed by atoms with Gasteiger partial charge in [-0.3, -0.25) is 9.78 Å². The molecule has 0 unspecified atom stereocenters. The first-order chi connectivity index (χ1) is 6.66. The average Bonchev–Trinajstić information content (AvgIpc) is 2.20. The Morgan fingerprint density at radius 2 is 1.93 bits per heavy atom. The zero-order valence-electron chi connectivity index (χ0n) is 8.69. The second kappa shape index (κ2) is 4.56. The molecule has 0 bridgehead atoms. The molecule has 3 heteroatoms. The van der Waals surface area contributed by atoms with E-state index in [4.69, 9.17) is 0 Å². The second-order valence-electron chi connectivity index (χ2n) is 3.25. The standard InChI is InChI=1S/C11H14N2O/c1-9(13(2)3)11(8-14)10-4-6-12-7-5-10/h4-8H,1-3H3/b11-9-. The molecule has 1 aromatic heterocycles. The van der Waals surface area contributed by atoms with Gasteiger partial charge in [-0.1, -0.05) is 0 Å². The van der Waals surface area contributed by atoms with Gasteiger partial charge in [-0.15, -0.1) is 0 Å². The van der Waals surface area contributed by atoms with Crippen LogP contribution in [0.3, 0.4) is 0 Å². The first kappa shape index (κ1) is 10.4. The summed E-state index contributed by atoms with van der Waals surface area (Å²) in [5.74, 6) is 0. The number of rotatable bonds is 3. The Hall–Kier alpha value is -1.64. The van der Waals surface area contributed by atoms with Gasteiger partial charge >= 0.3 is 0 Å². The molecule has 0 atom stereocenters. The van der Waals surface area contributed by atoms with Crippen LogP contribution in [0.5, 0.6) is 0 Å². The van der Waals surface area contributed by atoms with Crippen LogP contribution < -0.4 is 0 Å². The Balaban J connectivity index is 3.17. The van der Waals surface area contributed by atoms with E-state index in [1.54, 1.807) is 12.4 Å². The zero-order chi connectivity index (χ0) is 10.6. The topological polar surface area (TPSA) is 33.2 Å². The Bertz CT molecular complexity index is 342. The van der Waals surface area contributed by atoms with E-state index >= 15 is 0 Å². The maximum absolute atomic E-state index is 10.9. The molecule has 0 aliphatic rings. The van der Waals surface area contributed by atoms with Crippen LogP contribution in [-0.4, -0.2) is 30.3 Å². The minimum absolute atomic E-state index is 0.706. The maximum Gasteiger partial charge on any atom is 0.152 e. The maximum atomic E-state index is 10.9. The van der Waals surface area contributed by atoms with Crippen molar-refractivity contribution >= 4 is 11.9 Å². The van der Waals surface area contributed by atoms with E-state index in [-0.39, 0.29) is 0 Å². The SMILES string of the molecule is C/C(=C(\C=O)c1ccncc1)N(C)C. The minimum atomic E-state index is 0.706. The number of aromatic nitrogens is 1. The summed E-state index contributed by atoms with van der Waals surface area (Å²) in [4.78, 5) is 16.8. The van der Waals surface area contributed by atoms with Crippen LogP contribution in [0, 0.1) is 0 Å². The molecule has 0 amide bonds. The summed E-state index contributed by atoms with van der Waals surface area (Å²) in [5.41, 5.74) is 2.56. The van der Waals surface area contributed by atoms with E-state index in [2.05, 4.69) is 4.98 Å².